The zero-order valence-corrected chi connectivity index (χ0v) is 10.6. The van der Waals surface area contributed by atoms with E-state index in [0.29, 0.717) is 6.54 Å². The monoisotopic (exact) mass is 219 g/mol. The van der Waals surface area contributed by atoms with E-state index in [9.17, 15) is 5.11 Å². The second kappa shape index (κ2) is 3.86. The summed E-state index contributed by atoms with van der Waals surface area (Å²) in [5.41, 5.74) is 5.53. The third-order valence-corrected chi connectivity index (χ3v) is 3.96. The van der Waals surface area contributed by atoms with Crippen molar-refractivity contribution in [1.29, 1.82) is 0 Å². The molecule has 2 nitrogen and oxygen atoms in total. The van der Waals surface area contributed by atoms with Crippen molar-refractivity contribution in [2.45, 2.75) is 39.7 Å². The van der Waals surface area contributed by atoms with Gasteiger partial charge >= 0.3 is 0 Å². The van der Waals surface area contributed by atoms with Gasteiger partial charge in [-0.1, -0.05) is 6.07 Å². The first-order valence-corrected chi connectivity index (χ1v) is 5.97. The number of benzene rings is 1. The van der Waals surface area contributed by atoms with E-state index in [-0.39, 0.29) is 0 Å². The fourth-order valence-corrected chi connectivity index (χ4v) is 2.81. The van der Waals surface area contributed by atoms with Crippen molar-refractivity contribution in [3.05, 3.63) is 33.9 Å². The molecule has 0 spiro atoms. The quantitative estimate of drug-likeness (QED) is 0.758. The van der Waals surface area contributed by atoms with Gasteiger partial charge in [-0.15, -0.1) is 0 Å². The van der Waals surface area contributed by atoms with Crippen LogP contribution >= 0.6 is 0 Å². The number of aliphatic hydroxyl groups is 1. The summed E-state index contributed by atoms with van der Waals surface area (Å²) < 4.78 is 0. The Morgan fingerprint density at radius 2 is 1.69 bits per heavy atom. The maximum atomic E-state index is 10.7. The normalized spacial score (nSPS) is 25.1. The highest BCUT2D eigenvalue weighted by Gasteiger charge is 2.36. The van der Waals surface area contributed by atoms with Crippen LogP contribution in [-0.2, 0) is 5.60 Å². The lowest BCUT2D eigenvalue weighted by Gasteiger charge is -2.28. The molecular weight excluding hydrogens is 198 g/mol. The summed E-state index contributed by atoms with van der Waals surface area (Å²) in [5.74, 6) is 0. The van der Waals surface area contributed by atoms with E-state index in [1.165, 1.54) is 22.3 Å². The lowest BCUT2D eigenvalue weighted by Crippen LogP contribution is -2.30. The minimum atomic E-state index is -0.662. The van der Waals surface area contributed by atoms with E-state index in [0.717, 1.165) is 18.5 Å². The van der Waals surface area contributed by atoms with Gasteiger partial charge in [0, 0.05) is 6.54 Å². The molecule has 1 fully saturated rings. The van der Waals surface area contributed by atoms with Gasteiger partial charge in [-0.25, -0.2) is 0 Å². The van der Waals surface area contributed by atoms with Gasteiger partial charge in [-0.2, -0.15) is 0 Å². The van der Waals surface area contributed by atoms with Gasteiger partial charge in [-0.05, 0) is 68.5 Å². The summed E-state index contributed by atoms with van der Waals surface area (Å²) in [6.07, 6.45) is 0.817. The van der Waals surface area contributed by atoms with Crippen LogP contribution in [0.4, 0.5) is 0 Å². The van der Waals surface area contributed by atoms with Crippen molar-refractivity contribution in [2.75, 3.05) is 13.1 Å². The predicted molar refractivity (Wildman–Crippen MR) is 66.8 cm³/mol. The van der Waals surface area contributed by atoms with Crippen LogP contribution < -0.4 is 5.32 Å². The average molecular weight is 219 g/mol. The van der Waals surface area contributed by atoms with Crippen LogP contribution in [0.1, 0.15) is 34.2 Å². The highest BCUT2D eigenvalue weighted by Crippen LogP contribution is 2.35. The summed E-state index contributed by atoms with van der Waals surface area (Å²) in [6, 6.07) is 2.21. The van der Waals surface area contributed by atoms with Crippen molar-refractivity contribution in [2.24, 2.45) is 0 Å². The molecule has 1 aromatic rings. The zero-order valence-electron chi connectivity index (χ0n) is 10.6. The fourth-order valence-electron chi connectivity index (χ4n) is 2.81. The first-order chi connectivity index (χ1) is 7.46. The molecule has 1 unspecified atom stereocenters. The summed E-state index contributed by atoms with van der Waals surface area (Å²) in [7, 11) is 0. The Bertz CT molecular complexity index is 391. The van der Waals surface area contributed by atoms with Crippen LogP contribution in [0.5, 0.6) is 0 Å². The molecule has 1 saturated heterocycles. The number of β-amino-alcohol motifs (C(OH)–C–C–N with tert-alkyl or cyclic N) is 1. The lowest BCUT2D eigenvalue weighted by atomic mass is 9.82. The molecule has 2 rings (SSSR count). The van der Waals surface area contributed by atoms with Crippen LogP contribution in [0.25, 0.3) is 0 Å². The molecule has 2 heteroatoms. The molecule has 1 aromatic carbocycles. The lowest BCUT2D eigenvalue weighted by molar-refractivity contribution is 0.0573. The SMILES string of the molecule is Cc1cc(C)c(C)c(C2(O)CCNC2)c1C. The number of rotatable bonds is 1. The minimum Gasteiger partial charge on any atom is -0.384 e. The maximum absolute atomic E-state index is 10.7. The molecule has 1 aliphatic heterocycles. The Hall–Kier alpha value is -0.860. The Balaban J connectivity index is 2.63. The van der Waals surface area contributed by atoms with Gasteiger partial charge in [-0.3, -0.25) is 0 Å². The van der Waals surface area contributed by atoms with Crippen molar-refractivity contribution < 1.29 is 5.11 Å². The van der Waals surface area contributed by atoms with Crippen LogP contribution in [0, 0.1) is 27.7 Å². The third kappa shape index (κ3) is 1.66. The standard InChI is InChI=1S/C14H21NO/c1-9-7-10(2)12(4)13(11(9)3)14(16)5-6-15-8-14/h7,15-16H,5-6,8H2,1-4H3. The van der Waals surface area contributed by atoms with Crippen LogP contribution in [-0.4, -0.2) is 18.2 Å². The predicted octanol–water partition coefficient (Wildman–Crippen LogP) is 2.10. The Morgan fingerprint density at radius 1 is 1.12 bits per heavy atom. The first-order valence-electron chi connectivity index (χ1n) is 5.97. The summed E-state index contributed by atoms with van der Waals surface area (Å²) in [5, 5.41) is 14.0. The van der Waals surface area contributed by atoms with Gasteiger partial charge in [0.15, 0.2) is 0 Å². The van der Waals surface area contributed by atoms with Crippen molar-refractivity contribution in [3.8, 4) is 0 Å². The largest absolute Gasteiger partial charge is 0.384 e. The molecule has 0 radical (unpaired) electrons. The van der Waals surface area contributed by atoms with Gasteiger partial charge in [0.2, 0.25) is 0 Å². The molecule has 16 heavy (non-hydrogen) atoms. The first kappa shape index (κ1) is 11.6. The topological polar surface area (TPSA) is 32.3 Å². The Labute approximate surface area is 97.7 Å². The number of hydrogen-bond donors (Lipinski definition) is 2. The van der Waals surface area contributed by atoms with Crippen molar-refractivity contribution >= 4 is 0 Å². The highest BCUT2D eigenvalue weighted by atomic mass is 16.3. The number of nitrogens with one attached hydrogen (secondary N) is 1. The van der Waals surface area contributed by atoms with E-state index in [2.05, 4.69) is 39.1 Å². The molecule has 88 valence electrons. The van der Waals surface area contributed by atoms with E-state index in [1.807, 2.05) is 0 Å². The smallest absolute Gasteiger partial charge is 0.104 e. The molecular formula is C14H21NO. The molecule has 1 aliphatic rings. The van der Waals surface area contributed by atoms with Crippen LogP contribution in [0.15, 0.2) is 6.07 Å². The highest BCUT2D eigenvalue weighted by molar-refractivity contribution is 5.47. The van der Waals surface area contributed by atoms with E-state index < -0.39 is 5.60 Å². The number of aryl methyl sites for hydroxylation is 2. The van der Waals surface area contributed by atoms with Gasteiger partial charge in [0.05, 0.1) is 0 Å². The third-order valence-electron chi connectivity index (χ3n) is 3.96. The summed E-state index contributed by atoms with van der Waals surface area (Å²) in [4.78, 5) is 0. The molecule has 2 N–H and O–H groups in total. The Kier molecular flexibility index (Phi) is 2.81. The summed E-state index contributed by atoms with van der Waals surface area (Å²) in [6.45, 7) is 10.1. The van der Waals surface area contributed by atoms with Gasteiger partial charge < -0.3 is 10.4 Å². The second-order valence-corrected chi connectivity index (χ2v) is 5.09. The zero-order chi connectivity index (χ0) is 11.9. The molecule has 0 amide bonds. The molecule has 0 bridgehead atoms. The van der Waals surface area contributed by atoms with Crippen LogP contribution in [0.2, 0.25) is 0 Å². The average Bonchev–Trinajstić information content (AvgIpc) is 2.63. The second-order valence-electron chi connectivity index (χ2n) is 5.09. The molecule has 1 heterocycles. The molecule has 0 aromatic heterocycles. The number of hydrogen-bond acceptors (Lipinski definition) is 2. The Morgan fingerprint density at radius 3 is 2.12 bits per heavy atom. The fraction of sp³-hybridized carbons (Fsp3) is 0.571. The van der Waals surface area contributed by atoms with E-state index in [1.54, 1.807) is 0 Å². The maximum Gasteiger partial charge on any atom is 0.104 e. The molecule has 0 saturated carbocycles. The van der Waals surface area contributed by atoms with Gasteiger partial charge in [0.25, 0.3) is 0 Å². The van der Waals surface area contributed by atoms with E-state index >= 15 is 0 Å². The van der Waals surface area contributed by atoms with Crippen LogP contribution in [0.3, 0.4) is 0 Å². The van der Waals surface area contributed by atoms with Crippen molar-refractivity contribution in [1.82, 2.24) is 5.32 Å². The minimum absolute atomic E-state index is 0.662. The molecule has 1 atom stereocenters. The van der Waals surface area contributed by atoms with Gasteiger partial charge in [0.1, 0.15) is 5.60 Å². The summed E-state index contributed by atoms with van der Waals surface area (Å²) >= 11 is 0. The van der Waals surface area contributed by atoms with E-state index in [4.69, 9.17) is 0 Å². The van der Waals surface area contributed by atoms with Crippen molar-refractivity contribution in [3.63, 3.8) is 0 Å². The molecule has 0 aliphatic carbocycles.